The molecular formula is C20H21N3NaO6S-. The van der Waals surface area contributed by atoms with E-state index in [1.54, 1.807) is 30.3 Å². The quantitative estimate of drug-likeness (QED) is 0.218. The number of ether oxygens (including phenoxy) is 2. The minimum atomic E-state index is -2.66. The minimum absolute atomic E-state index is 0. The normalized spacial score (nSPS) is 13.4. The van der Waals surface area contributed by atoms with E-state index in [1.807, 2.05) is 0 Å². The van der Waals surface area contributed by atoms with Gasteiger partial charge >= 0.3 is 35.5 Å². The molecular weight excluding hydrogens is 433 g/mol. The first-order valence-electron chi connectivity index (χ1n) is 9.04. The molecule has 4 N–H and O–H groups in total. The van der Waals surface area contributed by atoms with Gasteiger partial charge in [0.05, 0.1) is 18.5 Å². The van der Waals surface area contributed by atoms with Crippen LogP contribution in [0.2, 0.25) is 0 Å². The summed E-state index contributed by atoms with van der Waals surface area (Å²) in [4.78, 5) is 24.6. The summed E-state index contributed by atoms with van der Waals surface area (Å²) in [6, 6.07) is 9.40. The number of primary amides is 1. The molecule has 0 radical (unpaired) electrons. The second kappa shape index (κ2) is 11.3. The van der Waals surface area contributed by atoms with Crippen molar-refractivity contribution in [3.05, 3.63) is 53.6 Å². The maximum Gasteiger partial charge on any atom is 1.00 e. The summed E-state index contributed by atoms with van der Waals surface area (Å²) in [6.45, 7) is 0. The monoisotopic (exact) mass is 454 g/mol. The van der Waals surface area contributed by atoms with Gasteiger partial charge in [0.2, 0.25) is 0 Å². The summed E-state index contributed by atoms with van der Waals surface area (Å²) in [5, 5.41) is 2.96. The second-order valence-corrected chi connectivity index (χ2v) is 7.10. The molecule has 1 unspecified atom stereocenters. The van der Waals surface area contributed by atoms with Crippen LogP contribution in [0.3, 0.4) is 0 Å². The van der Waals surface area contributed by atoms with E-state index in [0.717, 1.165) is 12.8 Å². The number of carbonyl (C=O) groups is 2. The third-order valence-corrected chi connectivity index (χ3v) is 4.86. The predicted octanol–water partition coefficient (Wildman–Crippen LogP) is -0.124. The van der Waals surface area contributed by atoms with Crippen LogP contribution in [0.25, 0.3) is 0 Å². The Morgan fingerprint density at radius 3 is 2.45 bits per heavy atom. The number of rotatable bonds is 8. The average molecular weight is 454 g/mol. The molecule has 2 aromatic rings. The Morgan fingerprint density at radius 2 is 1.90 bits per heavy atom. The van der Waals surface area contributed by atoms with E-state index in [1.165, 1.54) is 19.2 Å². The molecule has 31 heavy (non-hydrogen) atoms. The second-order valence-electron chi connectivity index (χ2n) is 6.43. The first-order valence-corrected chi connectivity index (χ1v) is 10.1. The number of carbonyl (C=O) groups excluding carboxylic acids is 2. The van der Waals surface area contributed by atoms with Crippen molar-refractivity contribution in [1.82, 2.24) is 0 Å². The zero-order valence-electron chi connectivity index (χ0n) is 18.1. The topological polar surface area (TPSA) is 143 Å². The van der Waals surface area contributed by atoms with E-state index in [2.05, 4.69) is 10.0 Å². The Morgan fingerprint density at radius 1 is 1.19 bits per heavy atom. The summed E-state index contributed by atoms with van der Waals surface area (Å²) in [5.74, 6) is -0.922. The maximum atomic E-state index is 12.4. The van der Waals surface area contributed by atoms with Crippen molar-refractivity contribution in [1.29, 1.82) is 0 Å². The van der Waals surface area contributed by atoms with Gasteiger partial charge in [-0.05, 0) is 55.7 Å². The molecule has 11 heteroatoms. The van der Waals surface area contributed by atoms with E-state index in [9.17, 15) is 18.4 Å². The van der Waals surface area contributed by atoms with Crippen LogP contribution < -0.4 is 54.8 Å². The SMILES string of the molecule is COc1ccc(Nc2c(NS(=O)[O-])ccc(OC(=O)C3=CCCC3)c2C(N)=O)cc1.[H-].[Na+]. The molecule has 0 aliphatic heterocycles. The third kappa shape index (κ3) is 6.31. The first-order chi connectivity index (χ1) is 14.4. The van der Waals surface area contributed by atoms with Crippen molar-refractivity contribution in [3.63, 3.8) is 0 Å². The van der Waals surface area contributed by atoms with Crippen molar-refractivity contribution < 1.29 is 58.8 Å². The molecule has 0 bridgehead atoms. The van der Waals surface area contributed by atoms with E-state index in [4.69, 9.17) is 15.2 Å². The number of nitrogens with two attached hydrogens (primary N) is 1. The van der Waals surface area contributed by atoms with Gasteiger partial charge in [-0.2, -0.15) is 0 Å². The summed E-state index contributed by atoms with van der Waals surface area (Å²) in [7, 11) is 1.52. The molecule has 0 spiro atoms. The number of allylic oxidation sites excluding steroid dienone is 1. The smallest absolute Gasteiger partial charge is 1.00 e. The van der Waals surface area contributed by atoms with Crippen molar-refractivity contribution in [2.75, 3.05) is 17.1 Å². The molecule has 1 aliphatic rings. The number of nitrogens with one attached hydrogen (secondary N) is 2. The molecule has 1 atom stereocenters. The van der Waals surface area contributed by atoms with E-state index >= 15 is 0 Å². The Balaban J connectivity index is 0.00000256. The average Bonchev–Trinajstić information content (AvgIpc) is 3.25. The van der Waals surface area contributed by atoms with Gasteiger partial charge < -0.3 is 31.2 Å². The number of amides is 1. The van der Waals surface area contributed by atoms with Crippen LogP contribution in [0.1, 0.15) is 31.0 Å². The summed E-state index contributed by atoms with van der Waals surface area (Å²) in [6.07, 6.45) is 4.03. The van der Waals surface area contributed by atoms with Crippen molar-refractivity contribution in [2.24, 2.45) is 5.73 Å². The molecule has 2 aromatic carbocycles. The summed E-state index contributed by atoms with van der Waals surface area (Å²) >= 11 is -2.66. The van der Waals surface area contributed by atoms with Gasteiger partial charge in [0.15, 0.2) is 0 Å². The third-order valence-electron chi connectivity index (χ3n) is 4.47. The molecule has 0 saturated heterocycles. The van der Waals surface area contributed by atoms with Crippen molar-refractivity contribution in [2.45, 2.75) is 19.3 Å². The molecule has 1 aliphatic carbocycles. The fourth-order valence-corrected chi connectivity index (χ4v) is 3.41. The summed E-state index contributed by atoms with van der Waals surface area (Å²) < 4.78 is 35.2. The van der Waals surface area contributed by atoms with Crippen LogP contribution in [-0.4, -0.2) is 27.7 Å². The fourth-order valence-electron chi connectivity index (χ4n) is 3.06. The number of methoxy groups -OCH3 is 1. The Kier molecular flexibility index (Phi) is 9.08. The molecule has 0 aromatic heterocycles. The van der Waals surface area contributed by atoms with Crippen LogP contribution in [0.4, 0.5) is 17.1 Å². The van der Waals surface area contributed by atoms with Gasteiger partial charge in [-0.25, -0.2) is 4.79 Å². The number of anilines is 3. The zero-order chi connectivity index (χ0) is 21.7. The van der Waals surface area contributed by atoms with Gasteiger partial charge in [-0.15, -0.1) is 0 Å². The van der Waals surface area contributed by atoms with Crippen molar-refractivity contribution in [3.8, 4) is 11.5 Å². The van der Waals surface area contributed by atoms with Gasteiger partial charge in [0, 0.05) is 22.5 Å². The van der Waals surface area contributed by atoms with Crippen molar-refractivity contribution >= 4 is 40.2 Å². The fraction of sp³-hybridized carbons (Fsp3) is 0.200. The molecule has 3 rings (SSSR count). The van der Waals surface area contributed by atoms with E-state index < -0.39 is 23.1 Å². The first kappa shape index (κ1) is 24.9. The standard InChI is InChI=1S/C20H21N3O6S.Na.H/c1-28-14-8-6-13(7-9-14)22-18-15(23-30(26)27)10-11-16(17(18)19(21)24)29-20(25)12-4-2-3-5-12;;/h4,6-11,22-23H,2-3,5H2,1H3,(H2,21,24)(H,26,27);;/q;+1;-1/p-1. The van der Waals surface area contributed by atoms with Gasteiger partial charge in [0.25, 0.3) is 5.91 Å². The van der Waals surface area contributed by atoms with Crippen LogP contribution >= 0.6 is 0 Å². The van der Waals surface area contributed by atoms with Crippen LogP contribution in [0.15, 0.2) is 48.0 Å². The van der Waals surface area contributed by atoms with Gasteiger partial charge in [-0.1, -0.05) is 6.08 Å². The number of hydrogen-bond donors (Lipinski definition) is 3. The molecule has 160 valence electrons. The minimum Gasteiger partial charge on any atom is -1.00 e. The number of hydrogen-bond acceptors (Lipinski definition) is 7. The zero-order valence-corrected chi connectivity index (χ0v) is 19.9. The molecule has 9 nitrogen and oxygen atoms in total. The molecule has 0 heterocycles. The van der Waals surface area contributed by atoms with E-state index in [-0.39, 0.29) is 53.7 Å². The number of esters is 1. The largest absolute Gasteiger partial charge is 1.00 e. The number of benzene rings is 2. The van der Waals surface area contributed by atoms with Crippen LogP contribution in [0, 0.1) is 0 Å². The Labute approximate surface area is 205 Å². The predicted molar refractivity (Wildman–Crippen MR) is 112 cm³/mol. The van der Waals surface area contributed by atoms with Gasteiger partial charge in [0.1, 0.15) is 17.1 Å². The van der Waals surface area contributed by atoms with Crippen LogP contribution in [-0.2, 0) is 16.1 Å². The molecule has 0 fully saturated rings. The molecule has 0 saturated carbocycles. The summed E-state index contributed by atoms with van der Waals surface area (Å²) in [5.41, 5.74) is 6.57. The Hall–Kier alpha value is -2.37. The molecule has 1 amide bonds. The van der Waals surface area contributed by atoms with Gasteiger partial charge in [-0.3, -0.25) is 9.00 Å². The van der Waals surface area contributed by atoms with Crippen LogP contribution in [0.5, 0.6) is 11.5 Å². The maximum absolute atomic E-state index is 12.4. The van der Waals surface area contributed by atoms with E-state index in [0.29, 0.717) is 23.4 Å². The Bertz CT molecular complexity index is 1030.